The number of rotatable bonds is 1. The van der Waals surface area contributed by atoms with Crippen LogP contribution in [0.3, 0.4) is 0 Å². The third-order valence-corrected chi connectivity index (χ3v) is 6.56. The first-order valence-electron chi connectivity index (χ1n) is 5.66. The van der Waals surface area contributed by atoms with Gasteiger partial charge in [0.15, 0.2) is 0 Å². The van der Waals surface area contributed by atoms with Crippen LogP contribution in [0.5, 0.6) is 0 Å². The van der Waals surface area contributed by atoms with Crippen LogP contribution in [0.25, 0.3) is 0 Å². The van der Waals surface area contributed by atoms with E-state index in [0.717, 1.165) is 9.40 Å². The van der Waals surface area contributed by atoms with Crippen molar-refractivity contribution in [2.45, 2.75) is 17.6 Å². The van der Waals surface area contributed by atoms with Crippen molar-refractivity contribution in [3.05, 3.63) is 34.9 Å². The van der Waals surface area contributed by atoms with Gasteiger partial charge in [-0.1, -0.05) is 42.4 Å². The number of nitrogens with zero attached hydrogens (tertiary/aromatic N) is 1. The zero-order valence-electron chi connectivity index (χ0n) is 10.0. The summed E-state index contributed by atoms with van der Waals surface area (Å²) in [5, 5.41) is 1.05. The number of thioether (sulfide) groups is 2. The van der Waals surface area contributed by atoms with Crippen LogP contribution >= 0.6 is 35.1 Å². The summed E-state index contributed by atoms with van der Waals surface area (Å²) in [4.78, 5) is 16.2. The fourth-order valence-electron chi connectivity index (χ4n) is 2.59. The quantitative estimate of drug-likeness (QED) is 0.793. The molecule has 1 aromatic rings. The molecule has 1 aliphatic heterocycles. The summed E-state index contributed by atoms with van der Waals surface area (Å²) in [6.07, 6.45) is 1.96. The predicted molar refractivity (Wildman–Crippen MR) is 79.6 cm³/mol. The molecule has 2 nitrogen and oxygen atoms in total. The van der Waals surface area contributed by atoms with E-state index >= 15 is 0 Å². The van der Waals surface area contributed by atoms with Gasteiger partial charge in [0.05, 0.1) is 5.92 Å². The Kier molecular flexibility index (Phi) is 3.00. The van der Waals surface area contributed by atoms with Crippen molar-refractivity contribution in [1.29, 1.82) is 0 Å². The molecule has 94 valence electrons. The Morgan fingerprint density at radius 2 is 2.06 bits per heavy atom. The highest BCUT2D eigenvalue weighted by Gasteiger charge is 2.68. The number of halogens is 1. The Hall–Kier alpha value is -0.450. The van der Waals surface area contributed by atoms with E-state index in [2.05, 4.69) is 11.9 Å². The normalized spacial score (nSPS) is 33.9. The van der Waals surface area contributed by atoms with Gasteiger partial charge in [-0.15, -0.1) is 11.8 Å². The molecule has 1 amide bonds. The van der Waals surface area contributed by atoms with Crippen LogP contribution in [-0.2, 0) is 10.2 Å². The standard InChI is InChI=1S/C13H12ClNOS2/c1-13(7-3-5-8(14)6-4-7)9-10(13)18-12(17-2)15-11(9)16/h3-6,9-10H,1-2H3. The summed E-state index contributed by atoms with van der Waals surface area (Å²) < 4.78 is 0.888. The van der Waals surface area contributed by atoms with E-state index in [1.807, 2.05) is 30.5 Å². The summed E-state index contributed by atoms with van der Waals surface area (Å²) in [7, 11) is 0. The largest absolute Gasteiger partial charge is 0.272 e. The molecular formula is C13H12ClNOS2. The molecule has 2 aliphatic rings. The molecule has 1 aromatic carbocycles. The van der Waals surface area contributed by atoms with Gasteiger partial charge in [0, 0.05) is 15.7 Å². The maximum absolute atomic E-state index is 12.0. The number of hydrogen-bond donors (Lipinski definition) is 0. The van der Waals surface area contributed by atoms with Gasteiger partial charge in [0.1, 0.15) is 4.38 Å². The number of fused-ring (bicyclic) bond motifs is 1. The lowest BCUT2D eigenvalue weighted by molar-refractivity contribution is -0.119. The first-order chi connectivity index (χ1) is 8.57. The van der Waals surface area contributed by atoms with Gasteiger partial charge < -0.3 is 0 Å². The van der Waals surface area contributed by atoms with Crippen molar-refractivity contribution >= 4 is 45.4 Å². The Labute approximate surface area is 120 Å². The van der Waals surface area contributed by atoms with Crippen molar-refractivity contribution in [1.82, 2.24) is 0 Å². The minimum absolute atomic E-state index is 0.0274. The average Bonchev–Trinajstić information content (AvgIpc) is 2.97. The molecule has 0 N–H and O–H groups in total. The second kappa shape index (κ2) is 4.29. The molecule has 18 heavy (non-hydrogen) atoms. The number of hydrogen-bond acceptors (Lipinski definition) is 3. The summed E-state index contributed by atoms with van der Waals surface area (Å²) in [6.45, 7) is 2.15. The maximum atomic E-state index is 12.0. The van der Waals surface area contributed by atoms with Crippen LogP contribution in [0.1, 0.15) is 12.5 Å². The van der Waals surface area contributed by atoms with Gasteiger partial charge in [-0.2, -0.15) is 4.99 Å². The molecular weight excluding hydrogens is 286 g/mol. The molecule has 0 bridgehead atoms. The van der Waals surface area contributed by atoms with Crippen LogP contribution in [0, 0.1) is 5.92 Å². The lowest BCUT2D eigenvalue weighted by Crippen LogP contribution is -2.10. The Bertz CT molecular complexity index is 542. The zero-order valence-corrected chi connectivity index (χ0v) is 12.4. The molecule has 0 aromatic heterocycles. The predicted octanol–water partition coefficient (Wildman–Crippen LogP) is 3.59. The van der Waals surface area contributed by atoms with E-state index in [4.69, 9.17) is 11.6 Å². The topological polar surface area (TPSA) is 29.4 Å². The van der Waals surface area contributed by atoms with E-state index < -0.39 is 0 Å². The summed E-state index contributed by atoms with van der Waals surface area (Å²) in [5.74, 6) is 0.0557. The van der Waals surface area contributed by atoms with Gasteiger partial charge in [-0.25, -0.2) is 0 Å². The fraction of sp³-hybridized carbons (Fsp3) is 0.385. The molecule has 0 spiro atoms. The number of amides is 1. The van der Waals surface area contributed by atoms with Gasteiger partial charge >= 0.3 is 0 Å². The van der Waals surface area contributed by atoms with Crippen LogP contribution in [0.4, 0.5) is 0 Å². The molecule has 1 aliphatic carbocycles. The SMILES string of the molecule is CSC1=NC(=O)C2C(S1)C2(C)c1ccc(Cl)cc1. The summed E-state index contributed by atoms with van der Waals surface area (Å²) in [5.41, 5.74) is 1.09. The molecule has 1 fully saturated rings. The molecule has 0 saturated heterocycles. The molecule has 3 atom stereocenters. The first-order valence-corrected chi connectivity index (χ1v) is 8.15. The van der Waals surface area contributed by atoms with Crippen molar-refractivity contribution in [2.75, 3.05) is 6.26 Å². The Morgan fingerprint density at radius 1 is 1.39 bits per heavy atom. The van der Waals surface area contributed by atoms with Crippen LogP contribution < -0.4 is 0 Å². The van der Waals surface area contributed by atoms with E-state index in [1.54, 1.807) is 23.5 Å². The second-order valence-electron chi connectivity index (χ2n) is 4.73. The van der Waals surface area contributed by atoms with Crippen molar-refractivity contribution < 1.29 is 4.79 Å². The molecule has 1 saturated carbocycles. The molecule has 1 heterocycles. The monoisotopic (exact) mass is 297 g/mol. The van der Waals surface area contributed by atoms with Crippen molar-refractivity contribution in [3.63, 3.8) is 0 Å². The minimum atomic E-state index is -0.0900. The van der Waals surface area contributed by atoms with Gasteiger partial charge in [-0.05, 0) is 24.0 Å². The van der Waals surface area contributed by atoms with E-state index in [-0.39, 0.29) is 17.2 Å². The molecule has 3 unspecified atom stereocenters. The van der Waals surface area contributed by atoms with Gasteiger partial charge in [0.2, 0.25) is 0 Å². The third kappa shape index (κ3) is 1.74. The van der Waals surface area contributed by atoms with E-state index in [9.17, 15) is 4.79 Å². The van der Waals surface area contributed by atoms with E-state index in [0.29, 0.717) is 5.25 Å². The smallest absolute Gasteiger partial charge is 0.252 e. The number of aliphatic imine (C=N–C) groups is 1. The highest BCUT2D eigenvalue weighted by Crippen LogP contribution is 2.63. The third-order valence-electron chi connectivity index (χ3n) is 3.77. The van der Waals surface area contributed by atoms with Crippen LogP contribution in [-0.4, -0.2) is 21.8 Å². The Morgan fingerprint density at radius 3 is 2.67 bits per heavy atom. The molecule has 0 radical (unpaired) electrons. The molecule has 5 heteroatoms. The highest BCUT2D eigenvalue weighted by atomic mass is 35.5. The van der Waals surface area contributed by atoms with Crippen LogP contribution in [0.2, 0.25) is 5.02 Å². The highest BCUT2D eigenvalue weighted by molar-refractivity contribution is 8.39. The first kappa shape index (κ1) is 12.6. The zero-order chi connectivity index (χ0) is 12.9. The molecule has 3 rings (SSSR count). The maximum Gasteiger partial charge on any atom is 0.252 e. The lowest BCUT2D eigenvalue weighted by atomic mass is 9.95. The van der Waals surface area contributed by atoms with Crippen molar-refractivity contribution in [3.8, 4) is 0 Å². The minimum Gasteiger partial charge on any atom is -0.272 e. The number of benzene rings is 1. The average molecular weight is 298 g/mol. The Balaban J connectivity index is 1.92. The van der Waals surface area contributed by atoms with Crippen molar-refractivity contribution in [2.24, 2.45) is 10.9 Å². The summed E-state index contributed by atoms with van der Waals surface area (Å²) >= 11 is 9.19. The van der Waals surface area contributed by atoms with E-state index in [1.165, 1.54) is 5.56 Å². The lowest BCUT2D eigenvalue weighted by Gasteiger charge is -2.10. The second-order valence-corrected chi connectivity index (χ2v) is 7.35. The van der Waals surface area contributed by atoms with Gasteiger partial charge in [-0.3, -0.25) is 4.79 Å². The number of carbonyl (C=O) groups is 1. The summed E-state index contributed by atoms with van der Waals surface area (Å²) in [6, 6.07) is 7.82. The fourth-order valence-corrected chi connectivity index (χ4v) is 4.94. The van der Waals surface area contributed by atoms with Gasteiger partial charge in [0.25, 0.3) is 5.91 Å². The van der Waals surface area contributed by atoms with Crippen LogP contribution in [0.15, 0.2) is 29.3 Å². The number of carbonyl (C=O) groups excluding carboxylic acids is 1.